The Bertz CT molecular complexity index is 592. The monoisotopic (exact) mass is 320 g/mol. The quantitative estimate of drug-likeness (QED) is 0.719. The van der Waals surface area contributed by atoms with Crippen molar-refractivity contribution < 1.29 is 31.4 Å². The molecule has 1 fully saturated rings. The van der Waals surface area contributed by atoms with Gasteiger partial charge in [0.15, 0.2) is 5.79 Å². The number of alkyl halides is 3. The Morgan fingerprint density at radius 3 is 2.05 bits per heavy atom. The first-order chi connectivity index (χ1) is 10.3. The Hall–Kier alpha value is -1.47. The van der Waals surface area contributed by atoms with Crippen LogP contribution < -0.4 is 0 Å². The minimum absolute atomic E-state index is 0.121. The molecular formula is C15H13F5O2. The molecule has 1 aliphatic carbocycles. The Morgan fingerprint density at radius 2 is 1.59 bits per heavy atom. The van der Waals surface area contributed by atoms with Gasteiger partial charge in [-0.2, -0.15) is 13.2 Å². The van der Waals surface area contributed by atoms with Crippen LogP contribution >= 0.6 is 0 Å². The average Bonchev–Trinajstić information content (AvgIpc) is 2.85. The van der Waals surface area contributed by atoms with Crippen LogP contribution in [-0.4, -0.2) is 19.0 Å². The third kappa shape index (κ3) is 2.75. The summed E-state index contributed by atoms with van der Waals surface area (Å²) in [5.74, 6) is -3.89. The first-order valence-corrected chi connectivity index (χ1v) is 6.84. The van der Waals surface area contributed by atoms with Gasteiger partial charge >= 0.3 is 6.18 Å². The van der Waals surface area contributed by atoms with Crippen LogP contribution in [0.4, 0.5) is 22.0 Å². The van der Waals surface area contributed by atoms with Crippen LogP contribution in [0.25, 0.3) is 5.57 Å². The highest BCUT2D eigenvalue weighted by atomic mass is 19.4. The maximum absolute atomic E-state index is 13.6. The molecule has 0 saturated carbocycles. The molecule has 0 atom stereocenters. The van der Waals surface area contributed by atoms with Crippen LogP contribution in [0.15, 0.2) is 18.2 Å². The molecule has 1 saturated heterocycles. The molecule has 7 heteroatoms. The van der Waals surface area contributed by atoms with Crippen LogP contribution in [0.5, 0.6) is 0 Å². The van der Waals surface area contributed by atoms with E-state index in [0.717, 1.165) is 12.1 Å². The molecule has 2 nitrogen and oxygen atoms in total. The van der Waals surface area contributed by atoms with Gasteiger partial charge in [-0.15, -0.1) is 0 Å². The van der Waals surface area contributed by atoms with Crippen LogP contribution in [-0.2, 0) is 15.7 Å². The molecule has 0 radical (unpaired) electrons. The smallest absolute Gasteiger partial charge is 0.347 e. The normalized spacial score (nSPS) is 21.2. The number of hydrogen-bond acceptors (Lipinski definition) is 2. The van der Waals surface area contributed by atoms with Gasteiger partial charge in [0, 0.05) is 12.8 Å². The number of halogens is 5. The van der Waals surface area contributed by atoms with Gasteiger partial charge in [-0.05, 0) is 29.7 Å². The molecular weight excluding hydrogens is 307 g/mol. The van der Waals surface area contributed by atoms with Crippen LogP contribution in [0, 0.1) is 11.6 Å². The van der Waals surface area contributed by atoms with E-state index >= 15 is 0 Å². The molecule has 1 aliphatic heterocycles. The Morgan fingerprint density at radius 1 is 1.00 bits per heavy atom. The van der Waals surface area contributed by atoms with Crippen molar-refractivity contribution in [3.63, 3.8) is 0 Å². The predicted molar refractivity (Wildman–Crippen MR) is 67.8 cm³/mol. The van der Waals surface area contributed by atoms with Crippen LogP contribution in [0.3, 0.4) is 0 Å². The lowest BCUT2D eigenvalue weighted by atomic mass is 9.89. The summed E-state index contributed by atoms with van der Waals surface area (Å²) in [5, 5.41) is 0. The SMILES string of the molecule is Fc1cc(C2=CCC3(CC2)OCCO3)cc(F)c1C(F)(F)F. The maximum atomic E-state index is 13.6. The van der Waals surface area contributed by atoms with E-state index in [1.165, 1.54) is 0 Å². The standard InChI is InChI=1S/C15H13F5O2/c16-11-7-10(8-12(17)13(11)15(18,19)20)9-1-3-14(4-2-9)21-5-6-22-14/h1,7-8H,2-6H2. The molecule has 1 aromatic rings. The third-order valence-electron chi connectivity index (χ3n) is 3.94. The zero-order valence-corrected chi connectivity index (χ0v) is 11.5. The maximum Gasteiger partial charge on any atom is 0.422 e. The van der Waals surface area contributed by atoms with Crippen molar-refractivity contribution in [2.45, 2.75) is 31.2 Å². The summed E-state index contributed by atoms with van der Waals surface area (Å²) in [4.78, 5) is 0. The molecule has 0 bridgehead atoms. The Labute approximate surface area is 123 Å². The molecule has 0 unspecified atom stereocenters. The number of hydrogen-bond donors (Lipinski definition) is 0. The summed E-state index contributed by atoms with van der Waals surface area (Å²) < 4.78 is 75.9. The molecule has 1 aromatic carbocycles. The zero-order chi connectivity index (χ0) is 16.0. The zero-order valence-electron chi connectivity index (χ0n) is 11.5. The molecule has 0 aromatic heterocycles. The van der Waals surface area contributed by atoms with Crippen LogP contribution in [0.1, 0.15) is 30.4 Å². The van der Waals surface area contributed by atoms with Gasteiger partial charge in [-0.25, -0.2) is 8.78 Å². The molecule has 22 heavy (non-hydrogen) atoms. The third-order valence-corrected chi connectivity index (χ3v) is 3.94. The fourth-order valence-corrected chi connectivity index (χ4v) is 2.86. The fourth-order valence-electron chi connectivity index (χ4n) is 2.86. The molecule has 1 heterocycles. The van der Waals surface area contributed by atoms with Gasteiger partial charge < -0.3 is 9.47 Å². The lowest BCUT2D eigenvalue weighted by molar-refractivity contribution is -0.159. The Kier molecular flexibility index (Phi) is 3.72. The second-order valence-corrected chi connectivity index (χ2v) is 5.35. The van der Waals surface area contributed by atoms with Gasteiger partial charge in [-0.1, -0.05) is 6.08 Å². The van der Waals surface area contributed by atoms with Gasteiger partial charge in [0.05, 0.1) is 13.2 Å². The summed E-state index contributed by atoms with van der Waals surface area (Å²) in [6, 6.07) is 1.46. The van der Waals surface area contributed by atoms with Gasteiger partial charge in [0.25, 0.3) is 0 Å². The van der Waals surface area contributed by atoms with Crippen LogP contribution in [0.2, 0.25) is 0 Å². The molecule has 1 spiro atoms. The fraction of sp³-hybridized carbons (Fsp3) is 0.467. The molecule has 3 rings (SSSR count). The van der Waals surface area contributed by atoms with E-state index in [0.29, 0.717) is 38.0 Å². The molecule has 2 aliphatic rings. The van der Waals surface area contributed by atoms with E-state index in [9.17, 15) is 22.0 Å². The summed E-state index contributed by atoms with van der Waals surface area (Å²) >= 11 is 0. The number of rotatable bonds is 1. The van der Waals surface area contributed by atoms with Gasteiger partial charge in [0.1, 0.15) is 17.2 Å². The van der Waals surface area contributed by atoms with E-state index in [1.807, 2.05) is 0 Å². The highest BCUT2D eigenvalue weighted by Crippen LogP contribution is 2.40. The van der Waals surface area contributed by atoms with Crippen molar-refractivity contribution in [2.75, 3.05) is 13.2 Å². The number of ether oxygens (including phenoxy) is 2. The number of benzene rings is 1. The lowest BCUT2D eigenvalue weighted by Gasteiger charge is -2.30. The van der Waals surface area contributed by atoms with Crippen molar-refractivity contribution in [3.05, 3.63) is 41.0 Å². The largest absolute Gasteiger partial charge is 0.422 e. The van der Waals surface area contributed by atoms with Crippen molar-refractivity contribution in [3.8, 4) is 0 Å². The van der Waals surface area contributed by atoms with E-state index in [1.54, 1.807) is 6.08 Å². The molecule has 0 amide bonds. The summed E-state index contributed by atoms with van der Waals surface area (Å²) in [7, 11) is 0. The van der Waals surface area contributed by atoms with Crippen molar-refractivity contribution in [1.29, 1.82) is 0 Å². The van der Waals surface area contributed by atoms with Crippen molar-refractivity contribution >= 4 is 5.57 Å². The topological polar surface area (TPSA) is 18.5 Å². The minimum Gasteiger partial charge on any atom is -0.347 e. The first kappa shape index (κ1) is 15.4. The summed E-state index contributed by atoms with van der Waals surface area (Å²) in [6.07, 6.45) is -2.01. The van der Waals surface area contributed by atoms with Crippen molar-refractivity contribution in [1.82, 2.24) is 0 Å². The molecule has 0 N–H and O–H groups in total. The van der Waals surface area contributed by atoms with E-state index in [-0.39, 0.29) is 5.56 Å². The minimum atomic E-state index is -5.05. The van der Waals surface area contributed by atoms with E-state index in [2.05, 4.69) is 0 Å². The van der Waals surface area contributed by atoms with Gasteiger partial charge in [0.2, 0.25) is 0 Å². The second kappa shape index (κ2) is 5.31. The summed E-state index contributed by atoms with van der Waals surface area (Å²) in [5.41, 5.74) is -1.14. The van der Waals surface area contributed by atoms with Crippen molar-refractivity contribution in [2.24, 2.45) is 0 Å². The van der Waals surface area contributed by atoms with Gasteiger partial charge in [-0.3, -0.25) is 0 Å². The second-order valence-electron chi connectivity index (χ2n) is 5.35. The van der Waals surface area contributed by atoms with E-state index < -0.39 is 29.2 Å². The summed E-state index contributed by atoms with van der Waals surface area (Å²) in [6.45, 7) is 0.986. The average molecular weight is 320 g/mol. The lowest BCUT2D eigenvalue weighted by Crippen LogP contribution is -2.31. The highest BCUT2D eigenvalue weighted by Gasteiger charge is 2.40. The molecule has 120 valence electrons. The predicted octanol–water partition coefficient (Wildman–Crippen LogP) is 4.29. The first-order valence-electron chi connectivity index (χ1n) is 6.84. The van der Waals surface area contributed by atoms with E-state index in [4.69, 9.17) is 9.47 Å². The highest BCUT2D eigenvalue weighted by molar-refractivity contribution is 5.67. The Balaban J connectivity index is 1.89. The number of allylic oxidation sites excluding steroid dienone is 1.